The standard InChI is InChI=1S/C11H12N2O/c1-7-3-4-8-9(14-2)5-6-13-11(8)10(7)12/h3-6H,12H2,1-2H3. The second-order valence-corrected chi connectivity index (χ2v) is 3.21. The van der Waals surface area contributed by atoms with Crippen LogP contribution in [-0.2, 0) is 0 Å². The number of methoxy groups -OCH3 is 1. The van der Waals surface area contributed by atoms with E-state index in [0.717, 1.165) is 27.9 Å². The first kappa shape index (κ1) is 8.81. The normalized spacial score (nSPS) is 10.4. The predicted molar refractivity (Wildman–Crippen MR) is 57.4 cm³/mol. The fourth-order valence-corrected chi connectivity index (χ4v) is 1.49. The molecule has 0 aliphatic rings. The van der Waals surface area contributed by atoms with E-state index < -0.39 is 0 Å². The van der Waals surface area contributed by atoms with Crippen molar-refractivity contribution >= 4 is 16.6 Å². The van der Waals surface area contributed by atoms with Gasteiger partial charge in [-0.2, -0.15) is 0 Å². The van der Waals surface area contributed by atoms with Gasteiger partial charge in [0.15, 0.2) is 0 Å². The Bertz CT molecular complexity index is 480. The highest BCUT2D eigenvalue weighted by molar-refractivity contribution is 5.94. The van der Waals surface area contributed by atoms with Crippen LogP contribution >= 0.6 is 0 Å². The summed E-state index contributed by atoms with van der Waals surface area (Å²) in [4.78, 5) is 4.25. The van der Waals surface area contributed by atoms with Gasteiger partial charge in [0, 0.05) is 11.6 Å². The van der Waals surface area contributed by atoms with E-state index in [9.17, 15) is 0 Å². The van der Waals surface area contributed by atoms with Crippen molar-refractivity contribution in [3.63, 3.8) is 0 Å². The highest BCUT2D eigenvalue weighted by atomic mass is 16.5. The summed E-state index contributed by atoms with van der Waals surface area (Å²) in [5, 5.41) is 0.957. The SMILES string of the molecule is COc1ccnc2c(N)c(C)ccc12. The number of aryl methyl sites for hydroxylation is 1. The van der Waals surface area contributed by atoms with E-state index >= 15 is 0 Å². The number of pyridine rings is 1. The molecule has 1 aromatic heterocycles. The van der Waals surface area contributed by atoms with Crippen molar-refractivity contribution < 1.29 is 4.74 Å². The van der Waals surface area contributed by atoms with E-state index in [-0.39, 0.29) is 0 Å². The molecular weight excluding hydrogens is 176 g/mol. The minimum atomic E-state index is 0.724. The first-order valence-electron chi connectivity index (χ1n) is 4.42. The van der Waals surface area contributed by atoms with Crippen molar-refractivity contribution in [1.29, 1.82) is 0 Å². The molecule has 0 aliphatic carbocycles. The Labute approximate surface area is 82.5 Å². The molecule has 14 heavy (non-hydrogen) atoms. The number of benzene rings is 1. The lowest BCUT2D eigenvalue weighted by molar-refractivity contribution is 0.419. The smallest absolute Gasteiger partial charge is 0.129 e. The van der Waals surface area contributed by atoms with E-state index in [1.54, 1.807) is 13.3 Å². The van der Waals surface area contributed by atoms with Crippen molar-refractivity contribution in [2.24, 2.45) is 0 Å². The molecule has 0 saturated carbocycles. The van der Waals surface area contributed by atoms with Gasteiger partial charge in [0.25, 0.3) is 0 Å². The topological polar surface area (TPSA) is 48.1 Å². The van der Waals surface area contributed by atoms with Crippen LogP contribution in [0.25, 0.3) is 10.9 Å². The lowest BCUT2D eigenvalue weighted by Crippen LogP contribution is -1.94. The minimum absolute atomic E-state index is 0.724. The number of nitrogens with zero attached hydrogens (tertiary/aromatic N) is 1. The lowest BCUT2D eigenvalue weighted by Gasteiger charge is -2.07. The van der Waals surface area contributed by atoms with E-state index in [1.807, 2.05) is 25.1 Å². The average molecular weight is 188 g/mol. The van der Waals surface area contributed by atoms with Gasteiger partial charge in [-0.15, -0.1) is 0 Å². The van der Waals surface area contributed by atoms with Crippen LogP contribution < -0.4 is 10.5 Å². The highest BCUT2D eigenvalue weighted by Crippen LogP contribution is 2.28. The van der Waals surface area contributed by atoms with E-state index in [2.05, 4.69) is 4.98 Å². The Kier molecular flexibility index (Phi) is 2.00. The predicted octanol–water partition coefficient (Wildman–Crippen LogP) is 2.13. The molecule has 0 unspecified atom stereocenters. The number of aromatic nitrogens is 1. The zero-order chi connectivity index (χ0) is 10.1. The molecule has 0 aliphatic heterocycles. The number of nitrogen functional groups attached to an aromatic ring is 1. The molecule has 3 nitrogen and oxygen atoms in total. The van der Waals surface area contributed by atoms with Crippen LogP contribution in [0.15, 0.2) is 24.4 Å². The van der Waals surface area contributed by atoms with Crippen LogP contribution in [0.1, 0.15) is 5.56 Å². The maximum atomic E-state index is 5.92. The van der Waals surface area contributed by atoms with Gasteiger partial charge in [0.05, 0.1) is 18.3 Å². The molecular formula is C11H12N2O. The average Bonchev–Trinajstić information content (AvgIpc) is 2.23. The fraction of sp³-hybridized carbons (Fsp3) is 0.182. The lowest BCUT2D eigenvalue weighted by atomic mass is 10.1. The molecule has 3 heteroatoms. The number of ether oxygens (including phenoxy) is 1. The minimum Gasteiger partial charge on any atom is -0.496 e. The maximum Gasteiger partial charge on any atom is 0.129 e. The summed E-state index contributed by atoms with van der Waals surface area (Å²) >= 11 is 0. The molecule has 2 rings (SSSR count). The summed E-state index contributed by atoms with van der Waals surface area (Å²) in [5.74, 6) is 0.807. The van der Waals surface area contributed by atoms with E-state index in [0.29, 0.717) is 0 Å². The molecule has 72 valence electrons. The Balaban J connectivity index is 2.86. The number of hydrogen-bond acceptors (Lipinski definition) is 3. The molecule has 1 heterocycles. The number of fused-ring (bicyclic) bond motifs is 1. The maximum absolute atomic E-state index is 5.92. The molecule has 0 atom stereocenters. The van der Waals surface area contributed by atoms with Gasteiger partial charge in [0.2, 0.25) is 0 Å². The number of anilines is 1. The van der Waals surface area contributed by atoms with Gasteiger partial charge >= 0.3 is 0 Å². The summed E-state index contributed by atoms with van der Waals surface area (Å²) in [5.41, 5.74) is 8.50. The van der Waals surface area contributed by atoms with Gasteiger partial charge in [0.1, 0.15) is 5.75 Å². The first-order valence-corrected chi connectivity index (χ1v) is 4.42. The number of hydrogen-bond donors (Lipinski definition) is 1. The zero-order valence-corrected chi connectivity index (χ0v) is 8.24. The van der Waals surface area contributed by atoms with Crippen molar-refractivity contribution in [3.8, 4) is 5.75 Å². The second kappa shape index (κ2) is 3.18. The summed E-state index contributed by atoms with van der Waals surface area (Å²) in [6.07, 6.45) is 1.71. The fourth-order valence-electron chi connectivity index (χ4n) is 1.49. The molecule has 2 aromatic rings. The Morgan fingerprint density at radius 1 is 1.29 bits per heavy atom. The Hall–Kier alpha value is -1.77. The number of nitrogens with two attached hydrogens (primary N) is 1. The van der Waals surface area contributed by atoms with Crippen molar-refractivity contribution in [3.05, 3.63) is 30.0 Å². The summed E-state index contributed by atoms with van der Waals surface area (Å²) in [6.45, 7) is 1.97. The third-order valence-electron chi connectivity index (χ3n) is 2.35. The van der Waals surface area contributed by atoms with Crippen LogP contribution in [0.5, 0.6) is 5.75 Å². The highest BCUT2D eigenvalue weighted by Gasteiger charge is 2.05. The first-order chi connectivity index (χ1) is 6.74. The second-order valence-electron chi connectivity index (χ2n) is 3.21. The van der Waals surface area contributed by atoms with E-state index in [4.69, 9.17) is 10.5 Å². The summed E-state index contributed by atoms with van der Waals surface area (Å²) in [6, 6.07) is 5.78. The van der Waals surface area contributed by atoms with Gasteiger partial charge in [-0.25, -0.2) is 0 Å². The van der Waals surface area contributed by atoms with E-state index in [1.165, 1.54) is 0 Å². The summed E-state index contributed by atoms with van der Waals surface area (Å²) in [7, 11) is 1.64. The molecule has 0 fully saturated rings. The van der Waals surface area contributed by atoms with Gasteiger partial charge in [-0.05, 0) is 24.6 Å². The summed E-state index contributed by atoms with van der Waals surface area (Å²) < 4.78 is 5.23. The van der Waals surface area contributed by atoms with Crippen molar-refractivity contribution in [2.45, 2.75) is 6.92 Å². The molecule has 0 bridgehead atoms. The molecule has 2 N–H and O–H groups in total. The van der Waals surface area contributed by atoms with Crippen molar-refractivity contribution in [1.82, 2.24) is 4.98 Å². The number of rotatable bonds is 1. The molecule has 0 spiro atoms. The monoisotopic (exact) mass is 188 g/mol. The Morgan fingerprint density at radius 2 is 2.07 bits per heavy atom. The van der Waals surface area contributed by atoms with Crippen molar-refractivity contribution in [2.75, 3.05) is 12.8 Å². The largest absolute Gasteiger partial charge is 0.496 e. The zero-order valence-electron chi connectivity index (χ0n) is 8.24. The van der Waals surface area contributed by atoms with Crippen LogP contribution in [0.2, 0.25) is 0 Å². The Morgan fingerprint density at radius 3 is 2.79 bits per heavy atom. The quantitative estimate of drug-likeness (QED) is 0.697. The van der Waals surface area contributed by atoms with Gasteiger partial charge in [-0.1, -0.05) is 6.07 Å². The molecule has 0 amide bonds. The van der Waals surface area contributed by atoms with Gasteiger partial charge < -0.3 is 10.5 Å². The molecule has 0 radical (unpaired) electrons. The van der Waals surface area contributed by atoms with Crippen LogP contribution in [-0.4, -0.2) is 12.1 Å². The van der Waals surface area contributed by atoms with Crippen LogP contribution in [0, 0.1) is 6.92 Å². The molecule has 1 aromatic carbocycles. The van der Waals surface area contributed by atoms with Crippen LogP contribution in [0.3, 0.4) is 0 Å². The third kappa shape index (κ3) is 1.18. The van der Waals surface area contributed by atoms with Gasteiger partial charge in [-0.3, -0.25) is 4.98 Å². The van der Waals surface area contributed by atoms with Crippen LogP contribution in [0.4, 0.5) is 5.69 Å². The third-order valence-corrected chi connectivity index (χ3v) is 2.35. The molecule has 0 saturated heterocycles.